The minimum Gasteiger partial charge on any atom is -0.391 e. The van der Waals surface area contributed by atoms with E-state index in [-0.39, 0.29) is 18.4 Å². The molecule has 106 valence electrons. The molecule has 2 aromatic rings. The number of fused-ring (bicyclic) bond motifs is 1. The van der Waals surface area contributed by atoms with Gasteiger partial charge < -0.3 is 15.2 Å². The summed E-state index contributed by atoms with van der Waals surface area (Å²) in [5.74, 6) is 0.686. The first-order valence-electron chi connectivity index (χ1n) is 7.06. The van der Waals surface area contributed by atoms with Crippen LogP contribution in [-0.2, 0) is 4.74 Å². The van der Waals surface area contributed by atoms with Crippen molar-refractivity contribution in [3.05, 3.63) is 12.7 Å². The molecular weight excluding hydrogens is 258 g/mol. The van der Waals surface area contributed by atoms with Crippen molar-refractivity contribution in [3.8, 4) is 0 Å². The molecule has 3 heterocycles. The quantitative estimate of drug-likeness (QED) is 0.871. The second-order valence-electron chi connectivity index (χ2n) is 5.42. The molecule has 7 heteroatoms. The van der Waals surface area contributed by atoms with Gasteiger partial charge in [0.05, 0.1) is 18.5 Å². The zero-order chi connectivity index (χ0) is 13.5. The second-order valence-corrected chi connectivity index (χ2v) is 5.42. The third-order valence-electron chi connectivity index (χ3n) is 3.90. The van der Waals surface area contributed by atoms with Crippen molar-refractivity contribution < 1.29 is 9.84 Å². The third kappa shape index (κ3) is 2.03. The summed E-state index contributed by atoms with van der Waals surface area (Å²) < 4.78 is 7.76. The van der Waals surface area contributed by atoms with Crippen molar-refractivity contribution in [2.75, 3.05) is 11.9 Å². The van der Waals surface area contributed by atoms with E-state index < -0.39 is 0 Å². The highest BCUT2D eigenvalue weighted by Gasteiger charge is 2.36. The summed E-state index contributed by atoms with van der Waals surface area (Å²) in [6.07, 6.45) is 7.06. The standard InChI is InChI=1S/C13H17N5O2/c19-9-5-8(9)17-12-11-13(15-6-14-12)18(7-16-11)10-3-1-2-4-20-10/h6-10,19H,1-5H2,(H,14,15,17). The Bertz CT molecular complexity index is 622. The predicted octanol–water partition coefficient (Wildman–Crippen LogP) is 1.07. The van der Waals surface area contributed by atoms with Crippen molar-refractivity contribution in [3.63, 3.8) is 0 Å². The first kappa shape index (κ1) is 12.0. The SMILES string of the molecule is OC1CC1Nc1ncnc2c1ncn2C1CCCCO1. The van der Waals surface area contributed by atoms with Crippen LogP contribution in [0.3, 0.4) is 0 Å². The number of nitrogens with one attached hydrogen (secondary N) is 1. The topological polar surface area (TPSA) is 85.1 Å². The number of ether oxygens (including phenoxy) is 1. The van der Waals surface area contributed by atoms with Crippen molar-refractivity contribution >= 4 is 17.0 Å². The minimum atomic E-state index is -0.274. The van der Waals surface area contributed by atoms with E-state index in [1.165, 1.54) is 6.33 Å². The summed E-state index contributed by atoms with van der Waals surface area (Å²) in [7, 11) is 0. The predicted molar refractivity (Wildman–Crippen MR) is 72.2 cm³/mol. The van der Waals surface area contributed by atoms with Crippen LogP contribution in [0.15, 0.2) is 12.7 Å². The van der Waals surface area contributed by atoms with E-state index in [1.54, 1.807) is 6.33 Å². The van der Waals surface area contributed by atoms with Crippen LogP contribution in [0.5, 0.6) is 0 Å². The number of hydrogen-bond donors (Lipinski definition) is 2. The fourth-order valence-corrected chi connectivity index (χ4v) is 2.62. The molecule has 0 aromatic carbocycles. The van der Waals surface area contributed by atoms with Crippen molar-refractivity contribution in [1.29, 1.82) is 0 Å². The number of imidazole rings is 1. The van der Waals surface area contributed by atoms with Crippen LogP contribution in [0.2, 0.25) is 0 Å². The smallest absolute Gasteiger partial charge is 0.167 e. The molecule has 3 unspecified atom stereocenters. The molecular formula is C13H17N5O2. The molecule has 1 saturated heterocycles. The minimum absolute atomic E-state index is 0.0167. The molecule has 0 amide bonds. The maximum Gasteiger partial charge on any atom is 0.167 e. The normalized spacial score (nSPS) is 29.6. The van der Waals surface area contributed by atoms with Gasteiger partial charge in [0.15, 0.2) is 17.0 Å². The highest BCUT2D eigenvalue weighted by molar-refractivity contribution is 5.83. The molecule has 3 atom stereocenters. The van der Waals surface area contributed by atoms with Gasteiger partial charge >= 0.3 is 0 Å². The molecule has 0 spiro atoms. The van der Waals surface area contributed by atoms with Gasteiger partial charge in [0.25, 0.3) is 0 Å². The van der Waals surface area contributed by atoms with Gasteiger partial charge in [0.1, 0.15) is 12.6 Å². The summed E-state index contributed by atoms with van der Waals surface area (Å²) in [4.78, 5) is 13.0. The Balaban J connectivity index is 1.67. The van der Waals surface area contributed by atoms with E-state index in [4.69, 9.17) is 4.74 Å². The number of aliphatic hydroxyl groups excluding tert-OH is 1. The molecule has 2 aromatic heterocycles. The van der Waals surface area contributed by atoms with Gasteiger partial charge in [-0.05, 0) is 25.7 Å². The van der Waals surface area contributed by atoms with Gasteiger partial charge in [-0.1, -0.05) is 0 Å². The van der Waals surface area contributed by atoms with Crippen molar-refractivity contribution in [1.82, 2.24) is 19.5 Å². The molecule has 20 heavy (non-hydrogen) atoms. The fourth-order valence-electron chi connectivity index (χ4n) is 2.62. The molecule has 2 aliphatic rings. The highest BCUT2D eigenvalue weighted by atomic mass is 16.5. The van der Waals surface area contributed by atoms with Crippen LogP contribution in [0.1, 0.15) is 31.9 Å². The van der Waals surface area contributed by atoms with Gasteiger partial charge in [-0.15, -0.1) is 0 Å². The maximum atomic E-state index is 9.42. The average Bonchev–Trinajstić information content (AvgIpc) is 3.01. The second kappa shape index (κ2) is 4.68. The summed E-state index contributed by atoms with van der Waals surface area (Å²) in [6, 6.07) is 0.0872. The number of hydrogen-bond acceptors (Lipinski definition) is 6. The summed E-state index contributed by atoms with van der Waals surface area (Å²) in [5, 5.41) is 12.6. The van der Waals surface area contributed by atoms with Crippen molar-refractivity contribution in [2.24, 2.45) is 0 Å². The number of nitrogens with zero attached hydrogens (tertiary/aromatic N) is 4. The number of aliphatic hydroxyl groups is 1. The van der Waals surface area contributed by atoms with E-state index in [9.17, 15) is 5.11 Å². The van der Waals surface area contributed by atoms with Crippen LogP contribution in [0.25, 0.3) is 11.2 Å². The molecule has 0 radical (unpaired) electrons. The van der Waals surface area contributed by atoms with Crippen LogP contribution in [0, 0.1) is 0 Å². The Morgan fingerprint density at radius 3 is 2.95 bits per heavy atom. The summed E-state index contributed by atoms with van der Waals surface area (Å²) >= 11 is 0. The van der Waals surface area contributed by atoms with E-state index >= 15 is 0 Å². The summed E-state index contributed by atoms with van der Waals surface area (Å²) in [6.45, 7) is 0.787. The number of anilines is 1. The van der Waals surface area contributed by atoms with Gasteiger partial charge in [0.2, 0.25) is 0 Å². The maximum absolute atomic E-state index is 9.42. The largest absolute Gasteiger partial charge is 0.391 e. The zero-order valence-electron chi connectivity index (χ0n) is 11.1. The van der Waals surface area contributed by atoms with Gasteiger partial charge in [-0.25, -0.2) is 15.0 Å². The lowest BCUT2D eigenvalue weighted by Crippen LogP contribution is -2.17. The average molecular weight is 275 g/mol. The first-order chi connectivity index (χ1) is 9.83. The van der Waals surface area contributed by atoms with Crippen LogP contribution >= 0.6 is 0 Å². The molecule has 1 aliphatic heterocycles. The zero-order valence-corrected chi connectivity index (χ0v) is 11.1. The van der Waals surface area contributed by atoms with E-state index in [2.05, 4.69) is 20.3 Å². The van der Waals surface area contributed by atoms with E-state index in [0.29, 0.717) is 5.82 Å². The molecule has 4 rings (SSSR count). The lowest BCUT2D eigenvalue weighted by atomic mass is 10.2. The van der Waals surface area contributed by atoms with Gasteiger partial charge in [-0.2, -0.15) is 0 Å². The van der Waals surface area contributed by atoms with Crippen LogP contribution < -0.4 is 5.32 Å². The Labute approximate surface area is 116 Å². The Hall–Kier alpha value is -1.73. The summed E-state index contributed by atoms with van der Waals surface area (Å²) in [5.41, 5.74) is 1.52. The van der Waals surface area contributed by atoms with Gasteiger partial charge in [-0.3, -0.25) is 4.57 Å². The third-order valence-corrected chi connectivity index (χ3v) is 3.90. The fraction of sp³-hybridized carbons (Fsp3) is 0.615. The molecule has 7 nitrogen and oxygen atoms in total. The first-order valence-corrected chi connectivity index (χ1v) is 7.06. The number of rotatable bonds is 3. The lowest BCUT2D eigenvalue weighted by Gasteiger charge is -2.23. The molecule has 0 bridgehead atoms. The van der Waals surface area contributed by atoms with Crippen LogP contribution in [0.4, 0.5) is 5.82 Å². The highest BCUT2D eigenvalue weighted by Crippen LogP contribution is 2.30. The molecule has 1 saturated carbocycles. The Kier molecular flexibility index (Phi) is 2.82. The Morgan fingerprint density at radius 2 is 2.20 bits per heavy atom. The molecule has 2 N–H and O–H groups in total. The molecule has 2 fully saturated rings. The lowest BCUT2D eigenvalue weighted by molar-refractivity contribution is -0.0298. The molecule has 1 aliphatic carbocycles. The van der Waals surface area contributed by atoms with Crippen LogP contribution in [-0.4, -0.2) is 43.4 Å². The Morgan fingerprint density at radius 1 is 1.30 bits per heavy atom. The van der Waals surface area contributed by atoms with Crippen molar-refractivity contribution in [2.45, 2.75) is 44.1 Å². The number of aromatic nitrogens is 4. The van der Waals surface area contributed by atoms with E-state index in [0.717, 1.165) is 43.5 Å². The van der Waals surface area contributed by atoms with E-state index in [1.807, 2.05) is 4.57 Å². The van der Waals surface area contributed by atoms with Gasteiger partial charge in [0, 0.05) is 6.61 Å². The monoisotopic (exact) mass is 275 g/mol.